The van der Waals surface area contributed by atoms with Crippen molar-refractivity contribution in [1.29, 1.82) is 0 Å². The zero-order valence-corrected chi connectivity index (χ0v) is 6.49. The van der Waals surface area contributed by atoms with Gasteiger partial charge < -0.3 is 19.6 Å². The van der Waals surface area contributed by atoms with E-state index in [1.165, 1.54) is 0 Å². The Kier molecular flexibility index (Phi) is 4.08. The van der Waals surface area contributed by atoms with Crippen molar-refractivity contribution in [3.63, 3.8) is 0 Å². The second kappa shape index (κ2) is 4.05. The van der Waals surface area contributed by atoms with Gasteiger partial charge in [-0.3, -0.25) is 4.57 Å². The molecule has 0 aromatic carbocycles. The van der Waals surface area contributed by atoms with Crippen LogP contribution in [0, 0.1) is 0 Å². The van der Waals surface area contributed by atoms with Crippen LogP contribution in [0.25, 0.3) is 0 Å². The van der Waals surface area contributed by atoms with Crippen LogP contribution in [-0.4, -0.2) is 27.7 Å². The van der Waals surface area contributed by atoms with Crippen molar-refractivity contribution in [3.8, 4) is 0 Å². The lowest BCUT2D eigenvalue weighted by Crippen LogP contribution is -2.08. The third-order valence-electron chi connectivity index (χ3n) is 0.772. The Morgan fingerprint density at radius 3 is 2.40 bits per heavy atom. The normalized spacial score (nSPS) is 17.3. The van der Waals surface area contributed by atoms with Crippen molar-refractivity contribution in [2.24, 2.45) is 0 Å². The maximum atomic E-state index is 10.5. The molecule has 0 aliphatic heterocycles. The highest BCUT2D eigenvalue weighted by atomic mass is 31.2. The molecule has 62 valence electrons. The van der Waals surface area contributed by atoms with Gasteiger partial charge >= 0.3 is 7.60 Å². The Hall–Kier alpha value is 0.0700. The summed E-state index contributed by atoms with van der Waals surface area (Å²) in [4.78, 5) is 8.56. The Bertz CT molecular complexity index is 134. The highest BCUT2D eigenvalue weighted by Crippen LogP contribution is 2.44. The fourth-order valence-corrected chi connectivity index (χ4v) is 0.866. The van der Waals surface area contributed by atoms with Crippen LogP contribution in [-0.2, 0) is 9.09 Å². The van der Waals surface area contributed by atoms with E-state index in [1.54, 1.807) is 6.92 Å². The van der Waals surface area contributed by atoms with Gasteiger partial charge in [0.2, 0.25) is 0 Å². The number of aliphatic hydroxyl groups excluding tert-OH is 1. The predicted octanol–water partition coefficient (Wildman–Crippen LogP) is -0.133. The molecule has 0 radical (unpaired) electrons. The molecule has 0 aliphatic carbocycles. The first-order valence-corrected chi connectivity index (χ1v) is 4.48. The number of hydrogen-bond acceptors (Lipinski definition) is 4. The summed E-state index contributed by atoms with van der Waals surface area (Å²) in [5.41, 5.74) is 0. The van der Waals surface area contributed by atoms with E-state index in [2.05, 4.69) is 4.52 Å². The van der Waals surface area contributed by atoms with Gasteiger partial charge in [-0.2, -0.15) is 0 Å². The van der Waals surface area contributed by atoms with E-state index in [-0.39, 0.29) is 6.61 Å². The molecule has 6 heteroatoms. The Morgan fingerprint density at radius 1 is 1.60 bits per heavy atom. The molecular formula is C4H11O5P. The topological polar surface area (TPSA) is 87.0 Å². The second-order valence-electron chi connectivity index (χ2n) is 1.74. The van der Waals surface area contributed by atoms with Crippen molar-refractivity contribution >= 4 is 7.60 Å². The van der Waals surface area contributed by atoms with Gasteiger partial charge in [0, 0.05) is 0 Å². The fourth-order valence-electron chi connectivity index (χ4n) is 0.289. The summed E-state index contributed by atoms with van der Waals surface area (Å²) < 4.78 is 14.8. The summed E-state index contributed by atoms with van der Waals surface area (Å²) in [6, 6.07) is -2.29. The van der Waals surface area contributed by atoms with Crippen molar-refractivity contribution in [3.05, 3.63) is 0 Å². The van der Waals surface area contributed by atoms with Gasteiger partial charge in [0.15, 0.2) is 0 Å². The highest BCUT2D eigenvalue weighted by molar-refractivity contribution is 7.53. The van der Waals surface area contributed by atoms with Crippen molar-refractivity contribution in [2.45, 2.75) is 19.4 Å². The average Bonchev–Trinajstić information content (AvgIpc) is 1.84. The SMILES string of the molecule is CCCOP(=O)(O)C(O)O. The minimum Gasteiger partial charge on any atom is -0.359 e. The quantitative estimate of drug-likeness (QED) is 0.404. The molecule has 0 aliphatic rings. The molecule has 0 saturated carbocycles. The van der Waals surface area contributed by atoms with E-state index in [1.807, 2.05) is 0 Å². The van der Waals surface area contributed by atoms with E-state index in [9.17, 15) is 4.57 Å². The van der Waals surface area contributed by atoms with Gasteiger partial charge in [-0.25, -0.2) is 0 Å². The van der Waals surface area contributed by atoms with Gasteiger partial charge in [0.05, 0.1) is 6.61 Å². The molecule has 1 unspecified atom stereocenters. The number of rotatable bonds is 4. The van der Waals surface area contributed by atoms with E-state index in [0.717, 1.165) is 0 Å². The summed E-state index contributed by atoms with van der Waals surface area (Å²) in [5.74, 6) is 0. The molecular weight excluding hydrogens is 159 g/mol. The first kappa shape index (κ1) is 10.1. The van der Waals surface area contributed by atoms with E-state index >= 15 is 0 Å². The van der Waals surface area contributed by atoms with E-state index in [4.69, 9.17) is 15.1 Å². The molecule has 1 atom stereocenters. The minimum atomic E-state index is -4.17. The standard InChI is InChI=1S/C4H11O5P/c1-2-3-9-10(7,8)4(5)6/h4-6H,2-3H2,1H3,(H,7,8). The fraction of sp³-hybridized carbons (Fsp3) is 1.00. The van der Waals surface area contributed by atoms with Crippen LogP contribution in [0.15, 0.2) is 0 Å². The van der Waals surface area contributed by atoms with Crippen molar-refractivity contribution in [1.82, 2.24) is 0 Å². The molecule has 0 amide bonds. The van der Waals surface area contributed by atoms with Crippen LogP contribution >= 0.6 is 7.60 Å². The second-order valence-corrected chi connectivity index (χ2v) is 3.59. The maximum absolute atomic E-state index is 10.5. The summed E-state index contributed by atoms with van der Waals surface area (Å²) in [6.07, 6.45) is 0.553. The third kappa shape index (κ3) is 3.29. The molecule has 3 N–H and O–H groups in total. The molecule has 0 heterocycles. The summed E-state index contributed by atoms with van der Waals surface area (Å²) >= 11 is 0. The maximum Gasteiger partial charge on any atom is 0.383 e. The van der Waals surface area contributed by atoms with Crippen LogP contribution in [0.5, 0.6) is 0 Å². The first-order chi connectivity index (χ1) is 4.50. The minimum absolute atomic E-state index is 0.0470. The van der Waals surface area contributed by atoms with Crippen LogP contribution in [0.4, 0.5) is 0 Å². The predicted molar refractivity (Wildman–Crippen MR) is 34.3 cm³/mol. The molecule has 0 aromatic rings. The Balaban J connectivity index is 3.76. The largest absolute Gasteiger partial charge is 0.383 e. The molecule has 0 saturated heterocycles. The van der Waals surface area contributed by atoms with Gasteiger partial charge in [0.1, 0.15) is 0 Å². The monoisotopic (exact) mass is 170 g/mol. The van der Waals surface area contributed by atoms with Gasteiger partial charge in [0.25, 0.3) is 6.03 Å². The van der Waals surface area contributed by atoms with Crippen LogP contribution in [0.3, 0.4) is 0 Å². The van der Waals surface area contributed by atoms with Gasteiger partial charge in [-0.15, -0.1) is 0 Å². The van der Waals surface area contributed by atoms with Crippen LogP contribution < -0.4 is 0 Å². The first-order valence-electron chi connectivity index (χ1n) is 2.84. The van der Waals surface area contributed by atoms with Crippen LogP contribution in [0.2, 0.25) is 0 Å². The zero-order valence-electron chi connectivity index (χ0n) is 5.60. The van der Waals surface area contributed by atoms with Crippen molar-refractivity contribution in [2.75, 3.05) is 6.61 Å². The number of aliphatic hydroxyl groups is 2. The third-order valence-corrected chi connectivity index (χ3v) is 1.91. The van der Waals surface area contributed by atoms with Crippen molar-refractivity contribution < 1.29 is 24.2 Å². The molecule has 0 aromatic heterocycles. The van der Waals surface area contributed by atoms with Gasteiger partial charge in [-0.05, 0) is 6.42 Å². The lowest BCUT2D eigenvalue weighted by atomic mass is 10.5. The summed E-state index contributed by atoms with van der Waals surface area (Å²) in [6.45, 7) is 1.79. The molecule has 0 fully saturated rings. The Labute approximate surface area is 58.8 Å². The van der Waals surface area contributed by atoms with E-state index in [0.29, 0.717) is 6.42 Å². The average molecular weight is 170 g/mol. The lowest BCUT2D eigenvalue weighted by Gasteiger charge is -2.11. The summed E-state index contributed by atoms with van der Waals surface area (Å²) in [7, 11) is -4.17. The lowest BCUT2D eigenvalue weighted by molar-refractivity contribution is 0.00311. The molecule has 0 spiro atoms. The molecule has 10 heavy (non-hydrogen) atoms. The molecule has 0 rings (SSSR count). The molecule has 5 nitrogen and oxygen atoms in total. The smallest absolute Gasteiger partial charge is 0.359 e. The molecule has 0 bridgehead atoms. The zero-order chi connectivity index (χ0) is 8.20. The van der Waals surface area contributed by atoms with Crippen LogP contribution in [0.1, 0.15) is 13.3 Å². The number of hydrogen-bond donors (Lipinski definition) is 3. The van der Waals surface area contributed by atoms with E-state index < -0.39 is 13.6 Å². The van der Waals surface area contributed by atoms with Gasteiger partial charge in [-0.1, -0.05) is 6.92 Å². The Morgan fingerprint density at radius 2 is 2.10 bits per heavy atom. The highest BCUT2D eigenvalue weighted by Gasteiger charge is 2.27. The summed E-state index contributed by atoms with van der Waals surface area (Å²) in [5, 5.41) is 16.4.